The third-order valence-electron chi connectivity index (χ3n) is 4.72. The number of benzene rings is 1. The molecule has 0 heterocycles. The van der Waals surface area contributed by atoms with Crippen molar-refractivity contribution in [2.45, 2.75) is 51.9 Å². The number of anilines is 1. The zero-order valence-corrected chi connectivity index (χ0v) is 13.1. The van der Waals surface area contributed by atoms with Gasteiger partial charge in [-0.15, -0.1) is 0 Å². The van der Waals surface area contributed by atoms with Crippen molar-refractivity contribution in [3.05, 3.63) is 29.8 Å². The molecule has 1 aliphatic rings. The quantitative estimate of drug-likeness (QED) is 0.787. The van der Waals surface area contributed by atoms with E-state index in [1.165, 1.54) is 32.1 Å². The highest BCUT2D eigenvalue weighted by Gasteiger charge is 2.20. The molecule has 3 nitrogen and oxygen atoms in total. The molecule has 116 valence electrons. The number of rotatable bonds is 6. The van der Waals surface area contributed by atoms with Crippen LogP contribution in [0.15, 0.2) is 24.3 Å². The Bertz CT molecular complexity index is 450. The average Bonchev–Trinajstić information content (AvgIpc) is 2.51. The molecule has 1 fully saturated rings. The summed E-state index contributed by atoms with van der Waals surface area (Å²) in [4.78, 5) is 11.9. The Balaban J connectivity index is 1.64. The largest absolute Gasteiger partial charge is 0.399 e. The van der Waals surface area contributed by atoms with Crippen molar-refractivity contribution in [2.24, 2.45) is 11.8 Å². The number of aryl methyl sites for hydroxylation is 1. The minimum Gasteiger partial charge on any atom is -0.399 e. The van der Waals surface area contributed by atoms with Gasteiger partial charge in [-0.25, -0.2) is 0 Å². The Morgan fingerprint density at radius 2 is 1.95 bits per heavy atom. The molecular weight excluding hydrogens is 260 g/mol. The summed E-state index contributed by atoms with van der Waals surface area (Å²) in [5.74, 6) is 1.76. The standard InChI is InChI=1S/C18H28N2O/c1-2-14-6-8-16(9-7-14)13-20-18(21)11-10-15-4-3-5-17(19)12-15/h3-5,12,14,16H,2,6-11,13,19H2,1H3,(H,20,21). The lowest BCUT2D eigenvalue weighted by Crippen LogP contribution is -2.31. The summed E-state index contributed by atoms with van der Waals surface area (Å²) in [6, 6.07) is 7.78. The minimum atomic E-state index is 0.162. The molecule has 0 bridgehead atoms. The van der Waals surface area contributed by atoms with E-state index in [0.717, 1.165) is 30.1 Å². The number of hydrogen-bond donors (Lipinski definition) is 2. The minimum absolute atomic E-state index is 0.162. The second-order valence-electron chi connectivity index (χ2n) is 6.34. The molecule has 0 unspecified atom stereocenters. The van der Waals surface area contributed by atoms with Crippen molar-refractivity contribution >= 4 is 11.6 Å². The monoisotopic (exact) mass is 288 g/mol. The van der Waals surface area contributed by atoms with Crippen LogP contribution in [0.2, 0.25) is 0 Å². The van der Waals surface area contributed by atoms with Crippen LogP contribution in [-0.4, -0.2) is 12.5 Å². The molecule has 0 radical (unpaired) electrons. The van der Waals surface area contributed by atoms with Crippen LogP contribution in [-0.2, 0) is 11.2 Å². The number of nitrogens with two attached hydrogens (primary N) is 1. The summed E-state index contributed by atoms with van der Waals surface area (Å²) in [7, 11) is 0. The van der Waals surface area contributed by atoms with Gasteiger partial charge in [0.15, 0.2) is 0 Å². The zero-order valence-electron chi connectivity index (χ0n) is 13.1. The van der Waals surface area contributed by atoms with Gasteiger partial charge in [-0.05, 0) is 48.8 Å². The first-order valence-corrected chi connectivity index (χ1v) is 8.28. The molecule has 0 aliphatic heterocycles. The van der Waals surface area contributed by atoms with E-state index in [4.69, 9.17) is 5.73 Å². The van der Waals surface area contributed by atoms with Gasteiger partial charge < -0.3 is 11.1 Å². The molecule has 0 spiro atoms. The van der Waals surface area contributed by atoms with Crippen LogP contribution in [0.4, 0.5) is 5.69 Å². The molecule has 2 rings (SSSR count). The Hall–Kier alpha value is -1.51. The van der Waals surface area contributed by atoms with Crippen molar-refractivity contribution < 1.29 is 4.79 Å². The number of amides is 1. The van der Waals surface area contributed by atoms with Gasteiger partial charge >= 0.3 is 0 Å². The maximum atomic E-state index is 11.9. The average molecular weight is 288 g/mol. The van der Waals surface area contributed by atoms with Gasteiger partial charge in [0.05, 0.1) is 0 Å². The van der Waals surface area contributed by atoms with Gasteiger partial charge in [0.2, 0.25) is 5.91 Å². The maximum Gasteiger partial charge on any atom is 0.220 e. The van der Waals surface area contributed by atoms with E-state index in [-0.39, 0.29) is 5.91 Å². The van der Waals surface area contributed by atoms with Crippen LogP contribution in [0.25, 0.3) is 0 Å². The normalized spacial score (nSPS) is 22.0. The summed E-state index contributed by atoms with van der Waals surface area (Å²) in [5, 5.41) is 3.10. The molecule has 1 saturated carbocycles. The van der Waals surface area contributed by atoms with E-state index in [2.05, 4.69) is 12.2 Å². The molecule has 1 aromatic carbocycles. The van der Waals surface area contributed by atoms with Crippen molar-refractivity contribution in [2.75, 3.05) is 12.3 Å². The Labute approximate surface area is 128 Å². The van der Waals surface area contributed by atoms with Gasteiger partial charge in [0.25, 0.3) is 0 Å². The van der Waals surface area contributed by atoms with Crippen LogP contribution in [0.5, 0.6) is 0 Å². The number of nitrogens with one attached hydrogen (secondary N) is 1. The number of carbonyl (C=O) groups is 1. The third kappa shape index (κ3) is 5.41. The fourth-order valence-electron chi connectivity index (χ4n) is 3.20. The zero-order chi connectivity index (χ0) is 15.1. The van der Waals surface area contributed by atoms with Crippen LogP contribution in [0.1, 0.15) is 51.0 Å². The highest BCUT2D eigenvalue weighted by molar-refractivity contribution is 5.76. The van der Waals surface area contributed by atoms with Crippen LogP contribution in [0, 0.1) is 11.8 Å². The first-order valence-electron chi connectivity index (χ1n) is 8.28. The fourth-order valence-corrected chi connectivity index (χ4v) is 3.20. The molecule has 1 aliphatic carbocycles. The summed E-state index contributed by atoms with van der Waals surface area (Å²) in [5.41, 5.74) is 7.64. The van der Waals surface area contributed by atoms with E-state index in [0.29, 0.717) is 12.3 Å². The third-order valence-corrected chi connectivity index (χ3v) is 4.72. The maximum absolute atomic E-state index is 11.9. The smallest absolute Gasteiger partial charge is 0.220 e. The highest BCUT2D eigenvalue weighted by atomic mass is 16.1. The van der Waals surface area contributed by atoms with E-state index < -0.39 is 0 Å². The van der Waals surface area contributed by atoms with E-state index in [1.807, 2.05) is 24.3 Å². The van der Waals surface area contributed by atoms with E-state index in [1.54, 1.807) is 0 Å². The van der Waals surface area contributed by atoms with Gasteiger partial charge in [0.1, 0.15) is 0 Å². The summed E-state index contributed by atoms with van der Waals surface area (Å²) >= 11 is 0. The second-order valence-corrected chi connectivity index (χ2v) is 6.34. The van der Waals surface area contributed by atoms with Crippen molar-refractivity contribution in [1.82, 2.24) is 5.32 Å². The molecule has 3 N–H and O–H groups in total. The molecule has 3 heteroatoms. The Morgan fingerprint density at radius 1 is 1.24 bits per heavy atom. The van der Waals surface area contributed by atoms with E-state index >= 15 is 0 Å². The highest BCUT2D eigenvalue weighted by Crippen LogP contribution is 2.30. The van der Waals surface area contributed by atoms with Crippen LogP contribution < -0.4 is 11.1 Å². The molecule has 21 heavy (non-hydrogen) atoms. The lowest BCUT2D eigenvalue weighted by Gasteiger charge is -2.27. The summed E-state index contributed by atoms with van der Waals surface area (Å²) < 4.78 is 0. The summed E-state index contributed by atoms with van der Waals surface area (Å²) in [6.45, 7) is 3.13. The fraction of sp³-hybridized carbons (Fsp3) is 0.611. The number of hydrogen-bond acceptors (Lipinski definition) is 2. The molecule has 1 amide bonds. The number of carbonyl (C=O) groups excluding carboxylic acids is 1. The predicted octanol–water partition coefficient (Wildman–Crippen LogP) is 3.53. The summed E-state index contributed by atoms with van der Waals surface area (Å²) in [6.07, 6.45) is 7.83. The van der Waals surface area contributed by atoms with Gasteiger partial charge in [0, 0.05) is 18.7 Å². The van der Waals surface area contributed by atoms with Crippen LogP contribution in [0.3, 0.4) is 0 Å². The van der Waals surface area contributed by atoms with E-state index in [9.17, 15) is 4.79 Å². The topological polar surface area (TPSA) is 55.1 Å². The lowest BCUT2D eigenvalue weighted by atomic mass is 9.81. The van der Waals surface area contributed by atoms with Crippen molar-refractivity contribution in [3.8, 4) is 0 Å². The predicted molar refractivity (Wildman–Crippen MR) is 87.9 cm³/mol. The molecule has 1 aromatic rings. The van der Waals surface area contributed by atoms with Gasteiger partial charge in [-0.1, -0.05) is 38.3 Å². The molecule has 0 atom stereocenters. The van der Waals surface area contributed by atoms with Gasteiger partial charge in [-0.2, -0.15) is 0 Å². The van der Waals surface area contributed by atoms with Crippen molar-refractivity contribution in [3.63, 3.8) is 0 Å². The second kappa shape index (κ2) is 8.06. The molecule has 0 saturated heterocycles. The first kappa shape index (κ1) is 15.9. The molecular formula is C18H28N2O. The lowest BCUT2D eigenvalue weighted by molar-refractivity contribution is -0.121. The number of nitrogen functional groups attached to an aromatic ring is 1. The Morgan fingerprint density at radius 3 is 2.62 bits per heavy atom. The first-order chi connectivity index (χ1) is 10.2. The van der Waals surface area contributed by atoms with Crippen molar-refractivity contribution in [1.29, 1.82) is 0 Å². The SMILES string of the molecule is CCC1CCC(CNC(=O)CCc2cccc(N)c2)CC1. The Kier molecular flexibility index (Phi) is 6.09. The van der Waals surface area contributed by atoms with Crippen LogP contribution >= 0.6 is 0 Å². The molecule has 0 aromatic heterocycles. The van der Waals surface area contributed by atoms with Gasteiger partial charge in [-0.3, -0.25) is 4.79 Å².